The molecule has 0 aliphatic carbocycles. The Morgan fingerprint density at radius 2 is 0.818 bits per heavy atom. The first kappa shape index (κ1) is 58.1. The number of hydrogen-bond acceptors (Lipinski definition) is 14. The van der Waals surface area contributed by atoms with Gasteiger partial charge in [-0.3, -0.25) is 28.8 Å². The Balaban J connectivity index is 0.000000660. The van der Waals surface area contributed by atoms with Crippen molar-refractivity contribution in [3.05, 3.63) is 68.4 Å². The second kappa shape index (κ2) is 38.3. The van der Waals surface area contributed by atoms with Crippen LogP contribution in [0.1, 0.15) is 99.8 Å². The zero-order chi connectivity index (χ0) is 48.6. The minimum absolute atomic E-state index is 0.0758. The third kappa shape index (κ3) is 28.8. The van der Waals surface area contributed by atoms with Crippen LogP contribution in [0.3, 0.4) is 0 Å². The fourth-order valence-corrected chi connectivity index (χ4v) is 5.18. The highest BCUT2D eigenvalue weighted by atomic mass is 16.5. The molecule has 22 heteroatoms. The van der Waals surface area contributed by atoms with Crippen LogP contribution in [0.2, 0.25) is 0 Å². The van der Waals surface area contributed by atoms with Crippen LogP contribution in [-0.2, 0) is 47.6 Å². The number of anilines is 4. The van der Waals surface area contributed by atoms with Gasteiger partial charge in [0.25, 0.3) is 0 Å². The number of carbonyl (C=O) groups excluding carboxylic acids is 6. The van der Waals surface area contributed by atoms with Gasteiger partial charge in [-0.1, -0.05) is 37.9 Å². The molecule has 2 rings (SSSR count). The number of amides is 4. The van der Waals surface area contributed by atoms with Crippen molar-refractivity contribution in [1.82, 2.24) is 0 Å². The first-order valence-electron chi connectivity index (χ1n) is 22.0. The molecule has 0 aliphatic heterocycles. The van der Waals surface area contributed by atoms with Gasteiger partial charge < -0.3 is 49.7 Å². The molecule has 0 spiro atoms. The van der Waals surface area contributed by atoms with Crippen LogP contribution in [0.5, 0.6) is 0 Å². The fraction of sp³-hybridized carbons (Fsp3) is 0.591. The Kier molecular flexibility index (Phi) is 33.7. The lowest BCUT2D eigenvalue weighted by Crippen LogP contribution is -2.16. The van der Waals surface area contributed by atoms with Gasteiger partial charge in [-0.2, -0.15) is 0 Å². The minimum Gasteiger partial charge on any atom is -0.379 e. The van der Waals surface area contributed by atoms with E-state index < -0.39 is 0 Å². The first-order chi connectivity index (χ1) is 32.0. The molecule has 0 fully saturated rings. The number of azide groups is 2. The second-order valence-electron chi connectivity index (χ2n) is 13.8. The molecule has 0 bridgehead atoms. The molecule has 22 nitrogen and oxygen atoms in total. The van der Waals surface area contributed by atoms with E-state index >= 15 is 0 Å². The van der Waals surface area contributed by atoms with Gasteiger partial charge in [0.05, 0.1) is 77.4 Å². The summed E-state index contributed by atoms with van der Waals surface area (Å²) in [7, 11) is 0. The van der Waals surface area contributed by atoms with Crippen molar-refractivity contribution in [2.75, 3.05) is 114 Å². The van der Waals surface area contributed by atoms with Crippen molar-refractivity contribution >= 4 is 57.9 Å². The van der Waals surface area contributed by atoms with E-state index in [1.807, 2.05) is 0 Å². The van der Waals surface area contributed by atoms with E-state index in [0.717, 1.165) is 0 Å². The van der Waals surface area contributed by atoms with Gasteiger partial charge in [-0.15, -0.1) is 0 Å². The normalized spacial score (nSPS) is 10.4. The van der Waals surface area contributed by atoms with Crippen LogP contribution < -0.4 is 21.3 Å². The van der Waals surface area contributed by atoms with Crippen LogP contribution >= 0.6 is 0 Å². The Morgan fingerprint density at radius 1 is 0.455 bits per heavy atom. The molecule has 0 aromatic heterocycles. The van der Waals surface area contributed by atoms with Crippen LogP contribution in [0.4, 0.5) is 22.7 Å². The van der Waals surface area contributed by atoms with Crippen LogP contribution in [0.15, 0.2) is 46.6 Å². The van der Waals surface area contributed by atoms with Gasteiger partial charge in [0.15, 0.2) is 11.6 Å². The smallest absolute Gasteiger partial charge is 0.224 e. The zero-order valence-electron chi connectivity index (χ0n) is 38.6. The van der Waals surface area contributed by atoms with E-state index in [4.69, 9.17) is 39.5 Å². The number of rotatable bonds is 36. The lowest BCUT2D eigenvalue weighted by Gasteiger charge is -2.13. The summed E-state index contributed by atoms with van der Waals surface area (Å²) in [6.07, 6.45) is 2.84. The molecule has 0 radical (unpaired) electrons. The van der Waals surface area contributed by atoms with Crippen molar-refractivity contribution in [2.45, 2.75) is 79.1 Å². The summed E-state index contributed by atoms with van der Waals surface area (Å²) in [6, 6.07) is 9.71. The summed E-state index contributed by atoms with van der Waals surface area (Å²) in [5, 5.41) is 17.6. The Labute approximate surface area is 385 Å². The highest BCUT2D eigenvalue weighted by Crippen LogP contribution is 2.25. The molecule has 0 aliphatic rings. The number of Topliss-reactive ketones (excluding diaryl/α,β-unsaturated/α-hetero) is 2. The molecule has 4 amide bonds. The van der Waals surface area contributed by atoms with Gasteiger partial charge in [-0.25, -0.2) is 0 Å². The summed E-state index contributed by atoms with van der Waals surface area (Å²) in [5.74, 6) is -0.923. The van der Waals surface area contributed by atoms with Crippen molar-refractivity contribution in [1.29, 1.82) is 0 Å². The molecule has 0 atom stereocenters. The summed E-state index contributed by atoms with van der Waals surface area (Å²) in [6.45, 7) is 12.4. The van der Waals surface area contributed by atoms with Gasteiger partial charge in [0.2, 0.25) is 23.6 Å². The lowest BCUT2D eigenvalue weighted by molar-refractivity contribution is -0.116. The van der Waals surface area contributed by atoms with Crippen LogP contribution in [0.25, 0.3) is 20.9 Å². The molecule has 2 aromatic rings. The number of hydrogen-bond donors (Lipinski definition) is 4. The van der Waals surface area contributed by atoms with E-state index in [0.29, 0.717) is 165 Å². The summed E-state index contributed by atoms with van der Waals surface area (Å²) in [4.78, 5) is 77.4. The van der Waals surface area contributed by atoms with Gasteiger partial charge in [0, 0.05) is 97.2 Å². The predicted octanol–water partition coefficient (Wildman–Crippen LogP) is 7.41. The summed E-state index contributed by atoms with van der Waals surface area (Å²) < 4.78 is 32.1. The van der Waals surface area contributed by atoms with Crippen LogP contribution in [0, 0.1) is 0 Å². The maximum absolute atomic E-state index is 12.6. The minimum atomic E-state index is -0.207. The van der Waals surface area contributed by atoms with E-state index in [1.165, 1.54) is 0 Å². The molecule has 2 aromatic carbocycles. The average Bonchev–Trinajstić information content (AvgIpc) is 3.32. The van der Waals surface area contributed by atoms with Crippen molar-refractivity contribution in [2.24, 2.45) is 10.2 Å². The number of carbonyl (C=O) groups is 6. The maximum Gasteiger partial charge on any atom is 0.224 e. The molecule has 364 valence electrons. The molecule has 4 N–H and O–H groups in total. The SMILES string of the molecule is CCC(=O)Nc1cc(NC(=O)CC)cc(C(=O)CCCOCCOCCOCCN=[N+]=[N-])c1.CCC(=O)Nc1ccc(C(=O)CCCOCCOCCOCCN=[N+]=[N-])cc1NC(=O)CC. The largest absolute Gasteiger partial charge is 0.379 e. The molecular weight excluding hydrogens is 861 g/mol. The van der Waals surface area contributed by atoms with Crippen molar-refractivity contribution in [3.63, 3.8) is 0 Å². The number of nitrogens with zero attached hydrogens (tertiary/aromatic N) is 6. The molecule has 0 heterocycles. The van der Waals surface area contributed by atoms with E-state index in [-0.39, 0.29) is 48.0 Å². The monoisotopic (exact) mass is 926 g/mol. The molecular formula is C44H66N10O12. The molecule has 0 saturated carbocycles. The maximum atomic E-state index is 12.6. The Hall–Kier alpha value is -5.96. The van der Waals surface area contributed by atoms with E-state index in [1.54, 1.807) is 64.1 Å². The number of nitrogens with one attached hydrogen (secondary N) is 4. The Morgan fingerprint density at radius 3 is 1.23 bits per heavy atom. The third-order valence-electron chi connectivity index (χ3n) is 8.67. The molecule has 66 heavy (non-hydrogen) atoms. The highest BCUT2D eigenvalue weighted by Gasteiger charge is 2.14. The number of benzene rings is 2. The van der Waals surface area contributed by atoms with Crippen LogP contribution in [-0.4, -0.2) is 128 Å². The zero-order valence-corrected chi connectivity index (χ0v) is 38.6. The topological polar surface area (TPSA) is 303 Å². The van der Waals surface area contributed by atoms with Crippen molar-refractivity contribution in [3.8, 4) is 0 Å². The summed E-state index contributed by atoms with van der Waals surface area (Å²) in [5.41, 5.74) is 18.9. The third-order valence-corrected chi connectivity index (χ3v) is 8.67. The molecule has 0 saturated heterocycles. The lowest BCUT2D eigenvalue weighted by atomic mass is 10.0. The molecule has 0 unspecified atom stereocenters. The van der Waals surface area contributed by atoms with Crippen molar-refractivity contribution < 1.29 is 57.2 Å². The quantitative estimate of drug-likeness (QED) is 0.0171. The van der Waals surface area contributed by atoms with Gasteiger partial charge in [-0.05, 0) is 60.3 Å². The fourth-order valence-electron chi connectivity index (χ4n) is 5.18. The van der Waals surface area contributed by atoms with Gasteiger partial charge >= 0.3 is 0 Å². The highest BCUT2D eigenvalue weighted by molar-refractivity contribution is 6.04. The Bertz CT molecular complexity index is 1850. The van der Waals surface area contributed by atoms with E-state index in [2.05, 4.69) is 41.3 Å². The average molecular weight is 927 g/mol. The number of ether oxygens (including phenoxy) is 6. The standard InChI is InChI=1S/2C22H33N5O6/c1-3-21(29)25-18-8-7-17(16-19(18)26-22(30)4-2)20(28)6-5-10-31-12-14-33-15-13-32-11-9-24-27-23;1-3-21(29)25-18-14-17(15-19(16-18)26-22(30)4-2)20(28)6-5-8-31-10-12-33-13-11-32-9-7-24-27-23/h7-8,16H,3-6,9-15H2,1-2H3,(H,25,29)(H,26,30);14-16H,3-13H2,1-2H3,(H,25,29)(H,26,30). The second-order valence-corrected chi connectivity index (χ2v) is 13.8. The predicted molar refractivity (Wildman–Crippen MR) is 249 cm³/mol. The first-order valence-corrected chi connectivity index (χ1v) is 22.0. The van der Waals surface area contributed by atoms with Gasteiger partial charge in [0.1, 0.15) is 0 Å². The summed E-state index contributed by atoms with van der Waals surface area (Å²) >= 11 is 0. The van der Waals surface area contributed by atoms with E-state index in [9.17, 15) is 28.8 Å². The number of ketones is 2.